The van der Waals surface area contributed by atoms with Crippen molar-refractivity contribution >= 4 is 51.3 Å². The minimum Gasteiger partial charge on any atom is -0.355 e. The van der Waals surface area contributed by atoms with Crippen molar-refractivity contribution in [2.75, 3.05) is 15.5 Å². The Labute approximate surface area is 216 Å². The van der Waals surface area contributed by atoms with Crippen molar-refractivity contribution in [1.29, 1.82) is 0 Å². The molecular formula is C27H27N3O4S2. The van der Waals surface area contributed by atoms with Crippen LogP contribution in [0, 0.1) is 0 Å². The zero-order chi connectivity index (χ0) is 25.4. The van der Waals surface area contributed by atoms with E-state index in [1.54, 1.807) is 42.5 Å². The van der Waals surface area contributed by atoms with Crippen LogP contribution in [0.3, 0.4) is 0 Å². The standard InChI is InChI=1S/C27H27N3O4S2/c28-16-36(33,34)19-12-10-17(11-13-19)29-22-14-15-23(30(35)18-6-2-1-3-7-18)25-24(22)26(31)20-8-4-5-9-21(20)27(25)32/h4-5,8-15,18,29,35H,1-3,6-7,16,28H2. The van der Waals surface area contributed by atoms with E-state index in [9.17, 15) is 18.0 Å². The number of carbonyl (C=O) groups excluding carboxylic acids is 2. The fourth-order valence-corrected chi connectivity index (χ4v) is 6.16. The fraction of sp³-hybridized carbons (Fsp3) is 0.259. The van der Waals surface area contributed by atoms with E-state index in [1.165, 1.54) is 18.6 Å². The molecule has 0 amide bonds. The number of anilines is 3. The lowest BCUT2D eigenvalue weighted by molar-refractivity contribution is 0.0980. The quantitative estimate of drug-likeness (QED) is 0.310. The summed E-state index contributed by atoms with van der Waals surface area (Å²) in [6, 6.07) is 16.8. The van der Waals surface area contributed by atoms with Crippen molar-refractivity contribution in [2.24, 2.45) is 5.73 Å². The molecule has 7 nitrogen and oxygen atoms in total. The molecule has 3 N–H and O–H groups in total. The third-order valence-electron chi connectivity index (χ3n) is 6.93. The highest BCUT2D eigenvalue weighted by Crippen LogP contribution is 2.41. The maximum atomic E-state index is 13.7. The normalized spacial score (nSPS) is 15.8. The van der Waals surface area contributed by atoms with Gasteiger partial charge in [0.05, 0.1) is 27.4 Å². The first-order chi connectivity index (χ1) is 17.3. The lowest BCUT2D eigenvalue weighted by atomic mass is 9.82. The van der Waals surface area contributed by atoms with Crippen molar-refractivity contribution in [1.82, 2.24) is 0 Å². The zero-order valence-corrected chi connectivity index (χ0v) is 21.3. The number of nitrogens with one attached hydrogen (secondary N) is 1. The van der Waals surface area contributed by atoms with Crippen LogP contribution in [0.1, 0.15) is 63.9 Å². The molecule has 1 saturated carbocycles. The summed E-state index contributed by atoms with van der Waals surface area (Å²) in [5.74, 6) is -0.929. The average molecular weight is 522 g/mol. The van der Waals surface area contributed by atoms with Crippen LogP contribution in [0.4, 0.5) is 17.1 Å². The van der Waals surface area contributed by atoms with Gasteiger partial charge in [-0.15, -0.1) is 0 Å². The van der Waals surface area contributed by atoms with E-state index in [1.807, 2.05) is 10.4 Å². The topological polar surface area (TPSA) is 110 Å². The molecular weight excluding hydrogens is 494 g/mol. The molecule has 0 saturated heterocycles. The van der Waals surface area contributed by atoms with Gasteiger partial charge in [0, 0.05) is 22.9 Å². The first kappa shape index (κ1) is 24.5. The number of carbonyl (C=O) groups is 2. The second kappa shape index (κ2) is 9.72. The molecule has 1 fully saturated rings. The van der Waals surface area contributed by atoms with Gasteiger partial charge in [0.2, 0.25) is 0 Å². The van der Waals surface area contributed by atoms with Gasteiger partial charge in [-0.05, 0) is 49.2 Å². The highest BCUT2D eigenvalue weighted by molar-refractivity contribution is 7.91. The summed E-state index contributed by atoms with van der Waals surface area (Å²) in [5.41, 5.74) is 8.42. The minimum absolute atomic E-state index is 0.117. The number of hydrogen-bond donors (Lipinski definition) is 3. The van der Waals surface area contributed by atoms with Gasteiger partial charge in [-0.1, -0.05) is 56.3 Å². The zero-order valence-electron chi connectivity index (χ0n) is 19.6. The van der Waals surface area contributed by atoms with Crippen molar-refractivity contribution in [3.63, 3.8) is 0 Å². The van der Waals surface area contributed by atoms with Gasteiger partial charge in [0.1, 0.15) is 5.88 Å². The monoisotopic (exact) mass is 521 g/mol. The van der Waals surface area contributed by atoms with E-state index >= 15 is 0 Å². The smallest absolute Gasteiger partial charge is 0.196 e. The van der Waals surface area contributed by atoms with Crippen LogP contribution in [0.15, 0.2) is 65.6 Å². The van der Waals surface area contributed by atoms with Gasteiger partial charge >= 0.3 is 0 Å². The van der Waals surface area contributed by atoms with Crippen LogP contribution in [0.5, 0.6) is 0 Å². The highest BCUT2D eigenvalue weighted by Gasteiger charge is 2.36. The molecule has 9 heteroatoms. The number of nitrogens with zero attached hydrogens (tertiary/aromatic N) is 1. The summed E-state index contributed by atoms with van der Waals surface area (Å²) in [4.78, 5) is 27.6. The molecule has 0 radical (unpaired) electrons. The molecule has 2 aliphatic rings. The van der Waals surface area contributed by atoms with Crippen LogP contribution in [-0.4, -0.2) is 31.9 Å². The first-order valence-corrected chi connectivity index (χ1v) is 14.0. The Balaban J connectivity index is 1.60. The summed E-state index contributed by atoms with van der Waals surface area (Å²) in [6.07, 6.45) is 5.36. The van der Waals surface area contributed by atoms with Crippen LogP contribution in [0.25, 0.3) is 0 Å². The van der Waals surface area contributed by atoms with Crippen molar-refractivity contribution in [3.05, 3.63) is 82.9 Å². The number of benzene rings is 3. The predicted octanol–water partition coefficient (Wildman–Crippen LogP) is 4.88. The SMILES string of the molecule is NCS(=O)(=O)c1ccc(Nc2ccc(N(S)C3CCCCC3)c3c2C(=O)c2ccccc2C3=O)cc1. The number of sulfone groups is 1. The summed E-state index contributed by atoms with van der Waals surface area (Å²) in [6.45, 7) is 0. The minimum atomic E-state index is -3.54. The van der Waals surface area contributed by atoms with Gasteiger partial charge in [0.15, 0.2) is 21.4 Å². The molecule has 0 heterocycles. The third kappa shape index (κ3) is 4.31. The van der Waals surface area contributed by atoms with Crippen molar-refractivity contribution < 1.29 is 18.0 Å². The lowest BCUT2D eigenvalue weighted by Gasteiger charge is -2.34. The molecule has 36 heavy (non-hydrogen) atoms. The lowest BCUT2D eigenvalue weighted by Crippen LogP contribution is -2.32. The Kier molecular flexibility index (Phi) is 6.63. The summed E-state index contributed by atoms with van der Waals surface area (Å²) in [5, 5.41) is 3.21. The predicted molar refractivity (Wildman–Crippen MR) is 144 cm³/mol. The van der Waals surface area contributed by atoms with Crippen LogP contribution >= 0.6 is 12.8 Å². The Morgan fingerprint density at radius 1 is 0.861 bits per heavy atom. The van der Waals surface area contributed by atoms with E-state index < -0.39 is 15.7 Å². The molecule has 0 atom stereocenters. The summed E-state index contributed by atoms with van der Waals surface area (Å²) in [7, 11) is -3.54. The maximum absolute atomic E-state index is 13.7. The molecule has 0 unspecified atom stereocenters. The molecule has 5 rings (SSSR count). The molecule has 0 aromatic heterocycles. The Morgan fingerprint density at radius 2 is 1.47 bits per heavy atom. The van der Waals surface area contributed by atoms with Crippen molar-refractivity contribution in [3.8, 4) is 0 Å². The van der Waals surface area contributed by atoms with E-state index in [0.717, 1.165) is 25.7 Å². The second-order valence-electron chi connectivity index (χ2n) is 9.15. The maximum Gasteiger partial charge on any atom is 0.196 e. The van der Waals surface area contributed by atoms with E-state index in [4.69, 9.17) is 18.5 Å². The number of rotatable bonds is 6. The average Bonchev–Trinajstić information content (AvgIpc) is 2.92. The first-order valence-electron chi connectivity index (χ1n) is 12.0. The molecule has 186 valence electrons. The Bertz CT molecular complexity index is 1450. The molecule has 2 aliphatic carbocycles. The van der Waals surface area contributed by atoms with Gasteiger partial charge in [-0.3, -0.25) is 9.59 Å². The number of fused-ring (bicyclic) bond motifs is 2. The number of ketones is 2. The number of thiol groups is 1. The summed E-state index contributed by atoms with van der Waals surface area (Å²) >= 11 is 4.80. The van der Waals surface area contributed by atoms with Gasteiger partial charge in [-0.25, -0.2) is 8.42 Å². The van der Waals surface area contributed by atoms with Gasteiger partial charge in [0.25, 0.3) is 0 Å². The molecule has 0 spiro atoms. The Hall–Kier alpha value is -3.14. The summed E-state index contributed by atoms with van der Waals surface area (Å²) < 4.78 is 26.0. The Morgan fingerprint density at radius 3 is 2.08 bits per heavy atom. The van der Waals surface area contributed by atoms with Crippen molar-refractivity contribution in [2.45, 2.75) is 43.0 Å². The number of nitrogens with two attached hydrogens (primary N) is 1. The van der Waals surface area contributed by atoms with E-state index in [0.29, 0.717) is 39.3 Å². The second-order valence-corrected chi connectivity index (χ2v) is 11.6. The van der Waals surface area contributed by atoms with Crippen LogP contribution in [-0.2, 0) is 9.84 Å². The van der Waals surface area contributed by atoms with E-state index in [-0.39, 0.29) is 22.5 Å². The molecule has 3 aromatic carbocycles. The van der Waals surface area contributed by atoms with Gasteiger partial charge in [-0.2, -0.15) is 0 Å². The number of hydrogen-bond acceptors (Lipinski definition) is 8. The van der Waals surface area contributed by atoms with Crippen LogP contribution in [0.2, 0.25) is 0 Å². The third-order valence-corrected chi connectivity index (χ3v) is 8.90. The molecule has 0 aliphatic heterocycles. The van der Waals surface area contributed by atoms with Crippen LogP contribution < -0.4 is 15.4 Å². The highest BCUT2D eigenvalue weighted by atomic mass is 32.2. The fourth-order valence-electron chi connectivity index (χ4n) is 5.02. The molecule has 3 aromatic rings. The largest absolute Gasteiger partial charge is 0.355 e. The molecule has 0 bridgehead atoms. The van der Waals surface area contributed by atoms with Gasteiger partial charge < -0.3 is 15.4 Å². The van der Waals surface area contributed by atoms with E-state index in [2.05, 4.69) is 5.32 Å².